The van der Waals surface area contributed by atoms with E-state index in [1.165, 1.54) is 18.4 Å². The molecule has 0 saturated carbocycles. The molecule has 0 saturated heterocycles. The number of rotatable bonds is 3. The average molecular weight is 356 g/mol. The summed E-state index contributed by atoms with van der Waals surface area (Å²) in [4.78, 5) is 24.4. The van der Waals surface area contributed by atoms with E-state index in [4.69, 9.17) is 0 Å². The number of methoxy groups -OCH3 is 1. The summed E-state index contributed by atoms with van der Waals surface area (Å²) in [7, 11) is 1.35. The number of carbonyl (C=O) groups is 1. The molecule has 0 amide bonds. The van der Waals surface area contributed by atoms with E-state index in [2.05, 4.69) is 20.7 Å². The van der Waals surface area contributed by atoms with Crippen LogP contribution < -0.4 is 4.87 Å². The quantitative estimate of drug-likeness (QED) is 0.794. The van der Waals surface area contributed by atoms with Crippen molar-refractivity contribution in [2.45, 2.75) is 20.4 Å². The van der Waals surface area contributed by atoms with Gasteiger partial charge in [0.15, 0.2) is 0 Å². The number of hydrogen-bond acceptors (Lipinski definition) is 4. The first kappa shape index (κ1) is 15.0. The summed E-state index contributed by atoms with van der Waals surface area (Å²) in [5, 5.41) is 0. The van der Waals surface area contributed by atoms with Crippen LogP contribution in [0.25, 0.3) is 0 Å². The summed E-state index contributed by atoms with van der Waals surface area (Å²) in [6, 6.07) is 5.24. The third kappa shape index (κ3) is 2.86. The summed E-state index contributed by atoms with van der Waals surface area (Å²) in [6.07, 6.45) is 0. The Hall–Kier alpha value is -1.40. The SMILES string of the molecule is COC(=O)c1ccc(Cn2c(C)c(C)sc2=O)c(Br)c1. The molecule has 0 N–H and O–H groups in total. The lowest BCUT2D eigenvalue weighted by Crippen LogP contribution is -2.15. The number of nitrogens with zero attached hydrogens (tertiary/aromatic N) is 1. The van der Waals surface area contributed by atoms with Crippen molar-refractivity contribution in [1.29, 1.82) is 0 Å². The van der Waals surface area contributed by atoms with E-state index in [0.717, 1.165) is 20.6 Å². The molecule has 20 heavy (non-hydrogen) atoms. The lowest BCUT2D eigenvalue weighted by atomic mass is 10.1. The van der Waals surface area contributed by atoms with E-state index in [9.17, 15) is 9.59 Å². The molecule has 2 rings (SSSR count). The molecule has 0 fully saturated rings. The topological polar surface area (TPSA) is 48.3 Å². The Morgan fingerprint density at radius 2 is 2.10 bits per heavy atom. The molecule has 1 aromatic carbocycles. The molecule has 0 unspecified atom stereocenters. The zero-order valence-corrected chi connectivity index (χ0v) is 13.8. The van der Waals surface area contributed by atoms with Crippen molar-refractivity contribution in [3.63, 3.8) is 0 Å². The zero-order chi connectivity index (χ0) is 14.9. The number of esters is 1. The fraction of sp³-hybridized carbons (Fsp3) is 0.286. The van der Waals surface area contributed by atoms with Gasteiger partial charge in [0.05, 0.1) is 19.2 Å². The number of benzene rings is 1. The van der Waals surface area contributed by atoms with Crippen LogP contribution in [0, 0.1) is 13.8 Å². The Kier molecular flexibility index (Phi) is 4.45. The Labute approximate surface area is 129 Å². The maximum Gasteiger partial charge on any atom is 0.337 e. The Morgan fingerprint density at radius 3 is 2.60 bits per heavy atom. The second-order valence-electron chi connectivity index (χ2n) is 4.39. The van der Waals surface area contributed by atoms with Crippen LogP contribution in [0.15, 0.2) is 27.5 Å². The minimum absolute atomic E-state index is 0.0314. The van der Waals surface area contributed by atoms with Crippen LogP contribution in [0.5, 0.6) is 0 Å². The smallest absolute Gasteiger partial charge is 0.337 e. The molecule has 0 spiro atoms. The summed E-state index contributed by atoms with van der Waals surface area (Å²) in [6.45, 7) is 4.36. The third-order valence-corrected chi connectivity index (χ3v) is 4.91. The molecule has 1 aromatic heterocycles. The summed E-state index contributed by atoms with van der Waals surface area (Å²) < 4.78 is 7.20. The molecule has 0 aliphatic carbocycles. The standard InChI is InChI=1S/C14H14BrNO3S/c1-8-9(2)20-14(18)16(8)7-11-5-4-10(6-12(11)15)13(17)19-3/h4-6H,7H2,1-3H3. The highest BCUT2D eigenvalue weighted by atomic mass is 79.9. The fourth-order valence-electron chi connectivity index (χ4n) is 1.86. The van der Waals surface area contributed by atoms with E-state index in [1.54, 1.807) is 16.7 Å². The van der Waals surface area contributed by atoms with Gasteiger partial charge in [-0.3, -0.25) is 9.36 Å². The predicted molar refractivity (Wildman–Crippen MR) is 82.6 cm³/mol. The minimum atomic E-state index is -0.378. The summed E-state index contributed by atoms with van der Waals surface area (Å²) in [5.74, 6) is -0.378. The first-order valence-electron chi connectivity index (χ1n) is 5.97. The molecule has 0 aliphatic heterocycles. The van der Waals surface area contributed by atoms with Gasteiger partial charge in [0.25, 0.3) is 0 Å². The van der Waals surface area contributed by atoms with Crippen LogP contribution in [0.3, 0.4) is 0 Å². The first-order valence-corrected chi connectivity index (χ1v) is 7.58. The predicted octanol–water partition coefficient (Wildman–Crippen LogP) is 3.12. The van der Waals surface area contributed by atoms with E-state index in [-0.39, 0.29) is 10.8 Å². The first-order chi connectivity index (χ1) is 9.43. The number of ether oxygens (including phenoxy) is 1. The highest BCUT2D eigenvalue weighted by Gasteiger charge is 2.12. The van der Waals surface area contributed by atoms with E-state index < -0.39 is 0 Å². The average Bonchev–Trinajstić information content (AvgIpc) is 2.66. The molecule has 0 radical (unpaired) electrons. The molecule has 1 heterocycles. The highest BCUT2D eigenvalue weighted by Crippen LogP contribution is 2.21. The number of halogens is 1. The van der Waals surface area contributed by atoms with Gasteiger partial charge >= 0.3 is 10.8 Å². The second kappa shape index (κ2) is 5.93. The lowest BCUT2D eigenvalue weighted by molar-refractivity contribution is 0.0600. The van der Waals surface area contributed by atoms with Crippen molar-refractivity contribution in [3.05, 3.63) is 54.0 Å². The maximum atomic E-state index is 11.9. The van der Waals surface area contributed by atoms with Crippen LogP contribution in [-0.2, 0) is 11.3 Å². The van der Waals surface area contributed by atoms with Crippen molar-refractivity contribution in [1.82, 2.24) is 4.57 Å². The van der Waals surface area contributed by atoms with Gasteiger partial charge in [-0.15, -0.1) is 0 Å². The Morgan fingerprint density at radius 1 is 1.40 bits per heavy atom. The third-order valence-electron chi connectivity index (χ3n) is 3.18. The molecule has 6 heteroatoms. The van der Waals surface area contributed by atoms with Crippen molar-refractivity contribution < 1.29 is 9.53 Å². The summed E-state index contributed by atoms with van der Waals surface area (Å²) >= 11 is 4.69. The Bertz CT molecular complexity index is 718. The maximum absolute atomic E-state index is 11.9. The van der Waals surface area contributed by atoms with Gasteiger partial charge in [-0.05, 0) is 31.5 Å². The van der Waals surface area contributed by atoms with Crippen molar-refractivity contribution in [2.24, 2.45) is 0 Å². The highest BCUT2D eigenvalue weighted by molar-refractivity contribution is 9.10. The van der Waals surface area contributed by atoms with Crippen LogP contribution in [0.2, 0.25) is 0 Å². The monoisotopic (exact) mass is 355 g/mol. The van der Waals surface area contributed by atoms with Gasteiger partial charge in [0.2, 0.25) is 0 Å². The number of thiazole rings is 1. The van der Waals surface area contributed by atoms with Gasteiger partial charge in [-0.1, -0.05) is 33.3 Å². The Balaban J connectivity index is 2.35. The molecule has 106 valence electrons. The molecule has 4 nitrogen and oxygen atoms in total. The molecular weight excluding hydrogens is 342 g/mol. The number of aryl methyl sites for hydroxylation is 1. The normalized spacial score (nSPS) is 10.6. The summed E-state index contributed by atoms with van der Waals surface area (Å²) in [5.41, 5.74) is 2.40. The van der Waals surface area contributed by atoms with Gasteiger partial charge in [-0.25, -0.2) is 4.79 Å². The van der Waals surface area contributed by atoms with E-state index in [0.29, 0.717) is 12.1 Å². The number of carbonyl (C=O) groups excluding carboxylic acids is 1. The van der Waals surface area contributed by atoms with Crippen LogP contribution in [0.4, 0.5) is 0 Å². The minimum Gasteiger partial charge on any atom is -0.465 e. The molecule has 2 aromatic rings. The molecule has 0 aliphatic rings. The van der Waals surface area contributed by atoms with Crippen molar-refractivity contribution in [3.8, 4) is 0 Å². The van der Waals surface area contributed by atoms with Gasteiger partial charge in [0.1, 0.15) is 0 Å². The van der Waals surface area contributed by atoms with Gasteiger partial charge in [0, 0.05) is 15.0 Å². The van der Waals surface area contributed by atoms with Crippen LogP contribution in [-0.4, -0.2) is 17.6 Å². The van der Waals surface area contributed by atoms with Crippen LogP contribution in [0.1, 0.15) is 26.5 Å². The van der Waals surface area contributed by atoms with Crippen molar-refractivity contribution in [2.75, 3.05) is 7.11 Å². The fourth-order valence-corrected chi connectivity index (χ4v) is 3.20. The largest absolute Gasteiger partial charge is 0.465 e. The van der Waals surface area contributed by atoms with Gasteiger partial charge in [-0.2, -0.15) is 0 Å². The second-order valence-corrected chi connectivity index (χ2v) is 6.41. The zero-order valence-electron chi connectivity index (χ0n) is 11.4. The number of hydrogen-bond donors (Lipinski definition) is 0. The molecule has 0 atom stereocenters. The van der Waals surface area contributed by atoms with E-state index in [1.807, 2.05) is 19.9 Å². The van der Waals surface area contributed by atoms with E-state index >= 15 is 0 Å². The van der Waals surface area contributed by atoms with Crippen molar-refractivity contribution >= 4 is 33.2 Å². The van der Waals surface area contributed by atoms with Gasteiger partial charge < -0.3 is 4.74 Å². The molecular formula is C14H14BrNO3S. The number of aromatic nitrogens is 1. The van der Waals surface area contributed by atoms with Crippen LogP contribution >= 0.6 is 27.3 Å². The lowest BCUT2D eigenvalue weighted by Gasteiger charge is -2.09. The molecule has 0 bridgehead atoms.